The SMILES string of the molecule is CCC1CCCCC1N(C)C(C)CO. The molecule has 0 spiro atoms. The molecular formula is C12H25NO. The molecule has 1 aliphatic carbocycles. The van der Waals surface area contributed by atoms with Gasteiger partial charge in [0.15, 0.2) is 0 Å². The molecule has 0 amide bonds. The Morgan fingerprint density at radius 1 is 1.36 bits per heavy atom. The van der Waals surface area contributed by atoms with Crippen molar-refractivity contribution in [2.24, 2.45) is 5.92 Å². The zero-order valence-corrected chi connectivity index (χ0v) is 9.87. The first-order valence-electron chi connectivity index (χ1n) is 6.03. The predicted molar refractivity (Wildman–Crippen MR) is 60.3 cm³/mol. The average molecular weight is 199 g/mol. The average Bonchev–Trinajstić information content (AvgIpc) is 2.26. The van der Waals surface area contributed by atoms with Crippen LogP contribution in [-0.2, 0) is 0 Å². The van der Waals surface area contributed by atoms with Crippen LogP contribution in [0.2, 0.25) is 0 Å². The number of aliphatic hydroxyl groups is 1. The van der Waals surface area contributed by atoms with Crippen LogP contribution in [0.4, 0.5) is 0 Å². The van der Waals surface area contributed by atoms with Gasteiger partial charge in [0, 0.05) is 12.1 Å². The Morgan fingerprint density at radius 3 is 2.57 bits per heavy atom. The highest BCUT2D eigenvalue weighted by Crippen LogP contribution is 2.30. The number of hydrogen-bond donors (Lipinski definition) is 1. The van der Waals surface area contributed by atoms with Crippen molar-refractivity contribution in [1.29, 1.82) is 0 Å². The van der Waals surface area contributed by atoms with E-state index in [9.17, 15) is 0 Å². The Bertz CT molecular complexity index is 160. The summed E-state index contributed by atoms with van der Waals surface area (Å²) in [6.45, 7) is 4.69. The number of hydrogen-bond acceptors (Lipinski definition) is 2. The molecule has 1 fully saturated rings. The fourth-order valence-electron chi connectivity index (χ4n) is 2.66. The van der Waals surface area contributed by atoms with E-state index in [4.69, 9.17) is 5.11 Å². The third kappa shape index (κ3) is 2.71. The summed E-state index contributed by atoms with van der Waals surface area (Å²) in [4.78, 5) is 2.38. The van der Waals surface area contributed by atoms with Crippen LogP contribution in [0.5, 0.6) is 0 Å². The normalized spacial score (nSPS) is 30.6. The lowest BCUT2D eigenvalue weighted by atomic mass is 9.81. The molecule has 0 aromatic rings. The van der Waals surface area contributed by atoms with E-state index < -0.39 is 0 Å². The van der Waals surface area contributed by atoms with Crippen molar-refractivity contribution >= 4 is 0 Å². The van der Waals surface area contributed by atoms with Gasteiger partial charge in [0.05, 0.1) is 6.61 Å². The molecular weight excluding hydrogens is 174 g/mol. The first-order chi connectivity index (χ1) is 6.70. The zero-order chi connectivity index (χ0) is 10.6. The number of likely N-dealkylation sites (N-methyl/N-ethyl adjacent to an activating group) is 1. The zero-order valence-electron chi connectivity index (χ0n) is 9.87. The number of aliphatic hydroxyl groups excluding tert-OH is 1. The quantitative estimate of drug-likeness (QED) is 0.751. The van der Waals surface area contributed by atoms with Crippen molar-refractivity contribution in [3.05, 3.63) is 0 Å². The fraction of sp³-hybridized carbons (Fsp3) is 1.00. The lowest BCUT2D eigenvalue weighted by Crippen LogP contribution is -2.45. The molecule has 2 nitrogen and oxygen atoms in total. The van der Waals surface area contributed by atoms with E-state index in [2.05, 4.69) is 25.8 Å². The van der Waals surface area contributed by atoms with Crippen molar-refractivity contribution in [2.75, 3.05) is 13.7 Å². The third-order valence-corrected chi connectivity index (χ3v) is 3.88. The predicted octanol–water partition coefficient (Wildman–Crippen LogP) is 2.27. The van der Waals surface area contributed by atoms with Gasteiger partial charge in [0.1, 0.15) is 0 Å². The van der Waals surface area contributed by atoms with Gasteiger partial charge in [-0.05, 0) is 32.7 Å². The molecule has 1 saturated carbocycles. The Labute approximate surface area is 88.3 Å². The topological polar surface area (TPSA) is 23.5 Å². The van der Waals surface area contributed by atoms with Crippen LogP contribution in [0.25, 0.3) is 0 Å². The van der Waals surface area contributed by atoms with Gasteiger partial charge in [-0.2, -0.15) is 0 Å². The minimum absolute atomic E-state index is 0.281. The molecule has 1 rings (SSSR count). The van der Waals surface area contributed by atoms with Crippen LogP contribution < -0.4 is 0 Å². The van der Waals surface area contributed by atoms with Crippen molar-refractivity contribution in [3.8, 4) is 0 Å². The minimum atomic E-state index is 0.281. The number of nitrogens with zero attached hydrogens (tertiary/aromatic N) is 1. The number of rotatable bonds is 4. The summed E-state index contributed by atoms with van der Waals surface area (Å²) in [5, 5.41) is 9.15. The summed E-state index contributed by atoms with van der Waals surface area (Å²) in [6.07, 6.45) is 6.75. The van der Waals surface area contributed by atoms with Crippen LogP contribution in [0.3, 0.4) is 0 Å². The molecule has 0 aromatic carbocycles. The molecule has 0 aliphatic heterocycles. The van der Waals surface area contributed by atoms with Crippen molar-refractivity contribution in [2.45, 2.75) is 58.0 Å². The lowest BCUT2D eigenvalue weighted by Gasteiger charge is -2.40. The van der Waals surface area contributed by atoms with Crippen molar-refractivity contribution < 1.29 is 5.11 Å². The Kier molecular flexibility index (Phi) is 4.90. The largest absolute Gasteiger partial charge is 0.395 e. The molecule has 3 atom stereocenters. The molecule has 3 unspecified atom stereocenters. The highest BCUT2D eigenvalue weighted by atomic mass is 16.3. The Hall–Kier alpha value is -0.0800. The van der Waals surface area contributed by atoms with Crippen molar-refractivity contribution in [3.63, 3.8) is 0 Å². The van der Waals surface area contributed by atoms with Gasteiger partial charge in [-0.3, -0.25) is 4.90 Å². The van der Waals surface area contributed by atoms with Gasteiger partial charge in [0.2, 0.25) is 0 Å². The van der Waals surface area contributed by atoms with Gasteiger partial charge in [-0.1, -0.05) is 26.2 Å². The molecule has 1 N–H and O–H groups in total. The van der Waals surface area contributed by atoms with Crippen LogP contribution in [-0.4, -0.2) is 35.7 Å². The van der Waals surface area contributed by atoms with E-state index in [0.717, 1.165) is 5.92 Å². The van der Waals surface area contributed by atoms with E-state index in [0.29, 0.717) is 12.1 Å². The van der Waals surface area contributed by atoms with Gasteiger partial charge < -0.3 is 5.11 Å². The molecule has 1 aliphatic rings. The van der Waals surface area contributed by atoms with E-state index in [1.165, 1.54) is 32.1 Å². The molecule has 0 heterocycles. The second kappa shape index (κ2) is 5.72. The Balaban J connectivity index is 2.53. The van der Waals surface area contributed by atoms with Crippen LogP contribution >= 0.6 is 0 Å². The van der Waals surface area contributed by atoms with E-state index in [1.54, 1.807) is 0 Å². The molecule has 84 valence electrons. The third-order valence-electron chi connectivity index (χ3n) is 3.88. The highest BCUT2D eigenvalue weighted by Gasteiger charge is 2.28. The van der Waals surface area contributed by atoms with Gasteiger partial charge in [0.25, 0.3) is 0 Å². The second-order valence-electron chi connectivity index (χ2n) is 4.72. The first-order valence-corrected chi connectivity index (χ1v) is 6.03. The maximum absolute atomic E-state index is 9.15. The summed E-state index contributed by atoms with van der Waals surface area (Å²) >= 11 is 0. The van der Waals surface area contributed by atoms with Crippen molar-refractivity contribution in [1.82, 2.24) is 4.90 Å². The summed E-state index contributed by atoms with van der Waals surface area (Å²) in [5.74, 6) is 0.850. The standard InChI is InChI=1S/C12H25NO/c1-4-11-7-5-6-8-12(11)13(3)10(2)9-14/h10-12,14H,4-9H2,1-3H3. The summed E-state index contributed by atoms with van der Waals surface area (Å²) in [7, 11) is 2.17. The molecule has 0 radical (unpaired) electrons. The first kappa shape index (κ1) is 12.0. The molecule has 0 bridgehead atoms. The smallest absolute Gasteiger partial charge is 0.0584 e. The summed E-state index contributed by atoms with van der Waals surface area (Å²) < 4.78 is 0. The van der Waals surface area contributed by atoms with Crippen LogP contribution in [0.1, 0.15) is 46.0 Å². The molecule has 14 heavy (non-hydrogen) atoms. The van der Waals surface area contributed by atoms with E-state index >= 15 is 0 Å². The van der Waals surface area contributed by atoms with Gasteiger partial charge in [-0.25, -0.2) is 0 Å². The minimum Gasteiger partial charge on any atom is -0.395 e. The monoisotopic (exact) mass is 199 g/mol. The lowest BCUT2D eigenvalue weighted by molar-refractivity contribution is 0.0642. The summed E-state index contributed by atoms with van der Waals surface area (Å²) in [6, 6.07) is 1.02. The van der Waals surface area contributed by atoms with Gasteiger partial charge in [-0.15, -0.1) is 0 Å². The van der Waals surface area contributed by atoms with E-state index in [-0.39, 0.29) is 6.61 Å². The van der Waals surface area contributed by atoms with Crippen LogP contribution in [0.15, 0.2) is 0 Å². The summed E-state index contributed by atoms with van der Waals surface area (Å²) in [5.41, 5.74) is 0. The fourth-order valence-corrected chi connectivity index (χ4v) is 2.66. The van der Waals surface area contributed by atoms with Crippen LogP contribution in [0, 0.1) is 5.92 Å². The highest BCUT2D eigenvalue weighted by molar-refractivity contribution is 4.83. The maximum atomic E-state index is 9.15. The van der Waals surface area contributed by atoms with E-state index in [1.807, 2.05) is 0 Å². The second-order valence-corrected chi connectivity index (χ2v) is 4.72. The Morgan fingerprint density at radius 2 is 2.00 bits per heavy atom. The molecule has 0 saturated heterocycles. The van der Waals surface area contributed by atoms with Gasteiger partial charge >= 0.3 is 0 Å². The molecule has 0 aromatic heterocycles. The maximum Gasteiger partial charge on any atom is 0.0584 e. The molecule has 2 heteroatoms.